The molecule has 1 aromatic heterocycles. The van der Waals surface area contributed by atoms with Crippen molar-refractivity contribution in [1.29, 1.82) is 0 Å². The van der Waals surface area contributed by atoms with Gasteiger partial charge in [0.1, 0.15) is 17.2 Å². The second-order valence-corrected chi connectivity index (χ2v) is 8.33. The molecular weight excluding hydrogens is 428 g/mol. The fourth-order valence-electron chi connectivity index (χ4n) is 4.38. The van der Waals surface area contributed by atoms with Crippen LogP contribution in [0.5, 0.6) is 11.5 Å². The van der Waals surface area contributed by atoms with Gasteiger partial charge in [-0.25, -0.2) is 4.79 Å². The van der Waals surface area contributed by atoms with E-state index in [4.69, 9.17) is 9.47 Å². The molecule has 0 atom stereocenters. The van der Waals surface area contributed by atoms with E-state index in [9.17, 15) is 9.90 Å². The van der Waals surface area contributed by atoms with Crippen LogP contribution in [-0.2, 0) is 19.5 Å². The van der Waals surface area contributed by atoms with Gasteiger partial charge in [0, 0.05) is 29.6 Å². The van der Waals surface area contributed by atoms with Crippen LogP contribution in [0.25, 0.3) is 10.9 Å². The molecule has 0 aliphatic carbocycles. The molecule has 0 radical (unpaired) electrons. The Morgan fingerprint density at radius 1 is 1.00 bits per heavy atom. The molecule has 2 N–H and O–H groups in total. The van der Waals surface area contributed by atoms with Crippen LogP contribution in [0.4, 0.5) is 0 Å². The minimum atomic E-state index is -0.927. The fraction of sp³-hybridized carbons (Fsp3) is 0.250. The third-order valence-electron chi connectivity index (χ3n) is 6.09. The van der Waals surface area contributed by atoms with Gasteiger partial charge in [0.2, 0.25) is 0 Å². The van der Waals surface area contributed by atoms with Crippen molar-refractivity contribution < 1.29 is 19.4 Å². The Morgan fingerprint density at radius 2 is 1.76 bits per heavy atom. The first-order chi connectivity index (χ1) is 16.5. The summed E-state index contributed by atoms with van der Waals surface area (Å²) >= 11 is 0. The standard InChI is InChI=1S/C28H30N2O4/c1-19-8-13-23-24(17-29-15-14-21-6-4-5-7-26(21)34-3)27(28(31)32)30(25(23)16-19)18-20-9-11-22(33-2)12-10-20/h4-13,16,29H,14-15,17-18H2,1-3H3,(H,31,32). The van der Waals surface area contributed by atoms with Crippen molar-refractivity contribution in [3.8, 4) is 11.5 Å². The van der Waals surface area contributed by atoms with Crippen LogP contribution in [0.15, 0.2) is 66.7 Å². The van der Waals surface area contributed by atoms with E-state index in [0.29, 0.717) is 25.3 Å². The van der Waals surface area contributed by atoms with E-state index in [1.54, 1.807) is 14.2 Å². The lowest BCUT2D eigenvalue weighted by Crippen LogP contribution is -2.19. The van der Waals surface area contributed by atoms with Crippen molar-refractivity contribution in [3.05, 3.63) is 94.7 Å². The van der Waals surface area contributed by atoms with Crippen LogP contribution in [-0.4, -0.2) is 36.4 Å². The third kappa shape index (κ3) is 4.92. The number of fused-ring (bicyclic) bond motifs is 1. The van der Waals surface area contributed by atoms with Gasteiger partial charge >= 0.3 is 5.97 Å². The first-order valence-corrected chi connectivity index (χ1v) is 11.3. The van der Waals surface area contributed by atoms with E-state index in [0.717, 1.165) is 51.1 Å². The number of benzene rings is 3. The van der Waals surface area contributed by atoms with Gasteiger partial charge in [-0.15, -0.1) is 0 Å². The Hall–Kier alpha value is -3.77. The van der Waals surface area contributed by atoms with Crippen molar-refractivity contribution in [2.24, 2.45) is 0 Å². The van der Waals surface area contributed by atoms with Gasteiger partial charge in [0.05, 0.1) is 14.2 Å². The lowest BCUT2D eigenvalue weighted by molar-refractivity contribution is 0.0684. The summed E-state index contributed by atoms with van der Waals surface area (Å²) in [5.74, 6) is 0.710. The van der Waals surface area contributed by atoms with Gasteiger partial charge in [-0.05, 0) is 60.8 Å². The van der Waals surface area contributed by atoms with Crippen molar-refractivity contribution >= 4 is 16.9 Å². The summed E-state index contributed by atoms with van der Waals surface area (Å²) in [6.45, 7) is 3.66. The Labute approximate surface area is 199 Å². The summed E-state index contributed by atoms with van der Waals surface area (Å²) in [6.07, 6.45) is 0.788. The maximum absolute atomic E-state index is 12.4. The van der Waals surface area contributed by atoms with Crippen molar-refractivity contribution in [1.82, 2.24) is 9.88 Å². The lowest BCUT2D eigenvalue weighted by atomic mass is 10.1. The molecule has 4 aromatic rings. The first kappa shape index (κ1) is 23.4. The Kier molecular flexibility index (Phi) is 7.18. The smallest absolute Gasteiger partial charge is 0.352 e. The number of hydrogen-bond donors (Lipinski definition) is 2. The maximum Gasteiger partial charge on any atom is 0.352 e. The minimum absolute atomic E-state index is 0.321. The topological polar surface area (TPSA) is 72.7 Å². The Bertz CT molecular complexity index is 1290. The Morgan fingerprint density at radius 3 is 2.47 bits per heavy atom. The van der Waals surface area contributed by atoms with Gasteiger partial charge < -0.3 is 24.5 Å². The summed E-state index contributed by atoms with van der Waals surface area (Å²) in [5.41, 5.74) is 5.27. The number of aromatic carboxylic acids is 1. The number of carboxylic acid groups (broad SMARTS) is 1. The molecule has 6 heteroatoms. The molecule has 0 saturated carbocycles. The number of aryl methyl sites for hydroxylation is 1. The summed E-state index contributed by atoms with van der Waals surface area (Å²) in [7, 11) is 3.30. The molecule has 176 valence electrons. The number of carbonyl (C=O) groups is 1. The first-order valence-electron chi connectivity index (χ1n) is 11.3. The molecule has 0 aliphatic heterocycles. The van der Waals surface area contributed by atoms with Crippen LogP contribution in [0, 0.1) is 6.92 Å². The zero-order valence-corrected chi connectivity index (χ0v) is 19.8. The molecule has 0 unspecified atom stereocenters. The lowest BCUT2D eigenvalue weighted by Gasteiger charge is -2.11. The molecule has 0 spiro atoms. The van der Waals surface area contributed by atoms with Crippen LogP contribution < -0.4 is 14.8 Å². The van der Waals surface area contributed by atoms with E-state index in [-0.39, 0.29) is 0 Å². The van der Waals surface area contributed by atoms with Gasteiger partial charge in [-0.2, -0.15) is 0 Å². The normalized spacial score (nSPS) is 11.0. The van der Waals surface area contributed by atoms with Crippen molar-refractivity contribution in [2.75, 3.05) is 20.8 Å². The quantitative estimate of drug-likeness (QED) is 0.326. The van der Waals surface area contributed by atoms with E-state index >= 15 is 0 Å². The molecular formula is C28H30N2O4. The van der Waals surface area contributed by atoms with Gasteiger partial charge in [0.15, 0.2) is 0 Å². The van der Waals surface area contributed by atoms with Crippen LogP contribution in [0.3, 0.4) is 0 Å². The molecule has 6 nitrogen and oxygen atoms in total. The monoisotopic (exact) mass is 458 g/mol. The largest absolute Gasteiger partial charge is 0.497 e. The van der Waals surface area contributed by atoms with Gasteiger partial charge in [0.25, 0.3) is 0 Å². The highest BCUT2D eigenvalue weighted by Crippen LogP contribution is 2.29. The number of ether oxygens (including phenoxy) is 2. The average Bonchev–Trinajstić information content (AvgIpc) is 3.15. The van der Waals surface area contributed by atoms with Crippen molar-refractivity contribution in [3.63, 3.8) is 0 Å². The summed E-state index contributed by atoms with van der Waals surface area (Å²) in [5, 5.41) is 14.6. The zero-order chi connectivity index (χ0) is 24.1. The summed E-state index contributed by atoms with van der Waals surface area (Å²) < 4.78 is 12.6. The van der Waals surface area contributed by atoms with Gasteiger partial charge in [-0.3, -0.25) is 0 Å². The number of aromatic nitrogens is 1. The molecule has 1 heterocycles. The molecule has 34 heavy (non-hydrogen) atoms. The second-order valence-electron chi connectivity index (χ2n) is 8.33. The number of para-hydroxylation sites is 1. The average molecular weight is 459 g/mol. The summed E-state index contributed by atoms with van der Waals surface area (Å²) in [6, 6.07) is 21.8. The molecule has 0 fully saturated rings. The number of nitrogens with zero attached hydrogens (tertiary/aromatic N) is 1. The van der Waals surface area contributed by atoms with Crippen LogP contribution in [0.1, 0.15) is 32.7 Å². The second kappa shape index (κ2) is 10.4. The Balaban J connectivity index is 1.63. The fourth-order valence-corrected chi connectivity index (χ4v) is 4.38. The van der Waals surface area contributed by atoms with E-state index in [2.05, 4.69) is 11.4 Å². The number of carboxylic acids is 1. The molecule has 0 amide bonds. The predicted octanol–water partition coefficient (Wildman–Crippen LogP) is 5.05. The molecule has 0 aliphatic rings. The van der Waals surface area contributed by atoms with Crippen LogP contribution >= 0.6 is 0 Å². The molecule has 0 saturated heterocycles. The predicted molar refractivity (Wildman–Crippen MR) is 134 cm³/mol. The van der Waals surface area contributed by atoms with E-state index in [1.165, 1.54) is 0 Å². The highest BCUT2D eigenvalue weighted by Gasteiger charge is 2.22. The van der Waals surface area contributed by atoms with Gasteiger partial charge in [-0.1, -0.05) is 42.5 Å². The zero-order valence-electron chi connectivity index (χ0n) is 19.8. The minimum Gasteiger partial charge on any atom is -0.497 e. The SMILES string of the molecule is COc1ccc(Cn2c(C(=O)O)c(CNCCc3ccccc3OC)c3ccc(C)cc32)cc1. The third-order valence-corrected chi connectivity index (χ3v) is 6.09. The molecule has 0 bridgehead atoms. The van der Waals surface area contributed by atoms with E-state index < -0.39 is 5.97 Å². The number of rotatable bonds is 10. The highest BCUT2D eigenvalue weighted by molar-refractivity contribution is 5.98. The number of methoxy groups -OCH3 is 2. The van der Waals surface area contributed by atoms with Crippen LogP contribution in [0.2, 0.25) is 0 Å². The highest BCUT2D eigenvalue weighted by atomic mass is 16.5. The summed E-state index contributed by atoms with van der Waals surface area (Å²) in [4.78, 5) is 12.4. The number of hydrogen-bond acceptors (Lipinski definition) is 4. The van der Waals surface area contributed by atoms with E-state index in [1.807, 2.05) is 72.2 Å². The molecule has 4 rings (SSSR count). The van der Waals surface area contributed by atoms with Crippen molar-refractivity contribution in [2.45, 2.75) is 26.4 Å². The maximum atomic E-state index is 12.4. The molecule has 3 aromatic carbocycles. The number of nitrogens with one attached hydrogen (secondary N) is 1.